The number of benzene rings is 3. The summed E-state index contributed by atoms with van der Waals surface area (Å²) in [6.45, 7) is 1.17. The zero-order chi connectivity index (χ0) is 27.2. The second-order valence-corrected chi connectivity index (χ2v) is 9.42. The van der Waals surface area contributed by atoms with Gasteiger partial charge in [-0.2, -0.15) is 0 Å². The van der Waals surface area contributed by atoms with Gasteiger partial charge in [-0.25, -0.2) is 4.79 Å². The number of phenols is 2. The molecule has 0 aliphatic carbocycles. The van der Waals surface area contributed by atoms with Crippen molar-refractivity contribution in [1.82, 2.24) is 10.6 Å². The number of carbonyl (C=O) groups excluding carboxylic acids is 3. The Morgan fingerprint density at radius 3 is 2.26 bits per heavy atom. The molecule has 9 nitrogen and oxygen atoms in total. The van der Waals surface area contributed by atoms with Gasteiger partial charge in [0, 0.05) is 37.5 Å². The Morgan fingerprint density at radius 1 is 0.921 bits per heavy atom. The molecular formula is C29H31N3O6. The molecule has 0 radical (unpaired) electrons. The maximum absolute atomic E-state index is 13.0. The van der Waals surface area contributed by atoms with Crippen LogP contribution in [0.4, 0.5) is 5.69 Å². The van der Waals surface area contributed by atoms with E-state index in [0.29, 0.717) is 24.1 Å². The summed E-state index contributed by atoms with van der Waals surface area (Å²) in [4.78, 5) is 40.5. The minimum atomic E-state index is -0.558. The molecule has 4 rings (SSSR count). The molecule has 0 spiro atoms. The van der Waals surface area contributed by atoms with E-state index in [0.717, 1.165) is 18.7 Å². The summed E-state index contributed by atoms with van der Waals surface area (Å²) in [7, 11) is 3.68. The van der Waals surface area contributed by atoms with Crippen molar-refractivity contribution < 1.29 is 29.3 Å². The molecule has 1 aliphatic heterocycles. The van der Waals surface area contributed by atoms with Crippen molar-refractivity contribution in [3.8, 4) is 11.5 Å². The van der Waals surface area contributed by atoms with Gasteiger partial charge in [0.05, 0.1) is 17.2 Å². The fraction of sp³-hybridized carbons (Fsp3) is 0.276. The van der Waals surface area contributed by atoms with Gasteiger partial charge in [-0.05, 0) is 74.0 Å². The lowest BCUT2D eigenvalue weighted by Gasteiger charge is -2.26. The summed E-state index contributed by atoms with van der Waals surface area (Å²) in [6.07, 6.45) is 0.787. The average molecular weight is 518 g/mol. The van der Waals surface area contributed by atoms with E-state index in [1.807, 2.05) is 19.0 Å². The zero-order valence-corrected chi connectivity index (χ0v) is 21.3. The summed E-state index contributed by atoms with van der Waals surface area (Å²) >= 11 is 0. The lowest BCUT2D eigenvalue weighted by molar-refractivity contribution is 0.0192. The first kappa shape index (κ1) is 26.7. The summed E-state index contributed by atoms with van der Waals surface area (Å²) in [5.74, 6) is -1.30. The molecule has 38 heavy (non-hydrogen) atoms. The van der Waals surface area contributed by atoms with Crippen molar-refractivity contribution in [2.75, 3.05) is 32.1 Å². The lowest BCUT2D eigenvalue weighted by Crippen LogP contribution is -2.49. The van der Waals surface area contributed by atoms with Gasteiger partial charge in [-0.15, -0.1) is 0 Å². The predicted molar refractivity (Wildman–Crippen MR) is 143 cm³/mol. The van der Waals surface area contributed by atoms with Crippen molar-refractivity contribution in [3.63, 3.8) is 0 Å². The molecular weight excluding hydrogens is 486 g/mol. The van der Waals surface area contributed by atoms with Crippen molar-refractivity contribution in [1.29, 1.82) is 0 Å². The number of anilines is 1. The van der Waals surface area contributed by atoms with Gasteiger partial charge < -0.3 is 30.5 Å². The molecule has 1 saturated heterocycles. The highest BCUT2D eigenvalue weighted by molar-refractivity contribution is 6.11. The smallest absolute Gasteiger partial charge is 0.338 e. The van der Waals surface area contributed by atoms with E-state index in [2.05, 4.69) is 10.6 Å². The molecule has 1 aliphatic rings. The Balaban J connectivity index is 1.45. The number of aromatic hydroxyl groups is 2. The number of nitrogens with zero attached hydrogens (tertiary/aromatic N) is 1. The molecule has 0 bridgehead atoms. The second kappa shape index (κ2) is 11.8. The van der Waals surface area contributed by atoms with Crippen LogP contribution in [-0.2, 0) is 4.74 Å². The Morgan fingerprint density at radius 2 is 1.58 bits per heavy atom. The molecule has 3 aromatic carbocycles. The number of ketones is 1. The fourth-order valence-corrected chi connectivity index (χ4v) is 4.27. The summed E-state index contributed by atoms with van der Waals surface area (Å²) in [5, 5.41) is 25.9. The van der Waals surface area contributed by atoms with Crippen LogP contribution in [0.1, 0.15) is 49.5 Å². The van der Waals surface area contributed by atoms with Crippen LogP contribution in [0.25, 0.3) is 0 Å². The number of esters is 1. The van der Waals surface area contributed by atoms with Crippen LogP contribution in [0.15, 0.2) is 66.7 Å². The van der Waals surface area contributed by atoms with E-state index in [4.69, 9.17) is 4.74 Å². The van der Waals surface area contributed by atoms with Gasteiger partial charge in [0.1, 0.15) is 17.6 Å². The largest absolute Gasteiger partial charge is 0.508 e. The van der Waals surface area contributed by atoms with Gasteiger partial charge in [-0.1, -0.05) is 12.1 Å². The van der Waals surface area contributed by atoms with Crippen LogP contribution in [0, 0.1) is 0 Å². The molecule has 2 atom stereocenters. The molecule has 1 amide bonds. The highest BCUT2D eigenvalue weighted by atomic mass is 16.5. The standard InChI is InChI=1S/C29H31N3O6/c1-32(2)21-11-14-25(34)23(16-21)27(35)18-5-7-20(8-6-18)29(37)38-26-4-3-15-30-17-24(26)31-28(36)19-9-12-22(33)13-10-19/h5-14,16,24,26,30,33-34H,3-4,15,17H2,1-2H3,(H,31,36)/t24-,26-/m1/s1. The van der Waals surface area contributed by atoms with E-state index >= 15 is 0 Å². The Hall–Kier alpha value is -4.37. The molecule has 3 aromatic rings. The maximum atomic E-state index is 13.0. The molecule has 0 saturated carbocycles. The van der Waals surface area contributed by atoms with E-state index in [9.17, 15) is 24.6 Å². The summed E-state index contributed by atoms with van der Waals surface area (Å²) in [5.41, 5.74) is 1.93. The first-order chi connectivity index (χ1) is 18.2. The summed E-state index contributed by atoms with van der Waals surface area (Å²) < 4.78 is 5.81. The van der Waals surface area contributed by atoms with E-state index < -0.39 is 18.1 Å². The number of ether oxygens (including phenoxy) is 1. The maximum Gasteiger partial charge on any atom is 0.338 e. The topological polar surface area (TPSA) is 128 Å². The van der Waals surface area contributed by atoms with E-state index in [1.165, 1.54) is 54.6 Å². The van der Waals surface area contributed by atoms with Crippen LogP contribution < -0.4 is 15.5 Å². The van der Waals surface area contributed by atoms with Gasteiger partial charge >= 0.3 is 5.97 Å². The second-order valence-electron chi connectivity index (χ2n) is 9.42. The third-order valence-corrected chi connectivity index (χ3v) is 6.48. The van der Waals surface area contributed by atoms with Crippen LogP contribution in [-0.4, -0.2) is 67.2 Å². The third-order valence-electron chi connectivity index (χ3n) is 6.48. The predicted octanol–water partition coefficient (Wildman–Crippen LogP) is 3.10. The van der Waals surface area contributed by atoms with Crippen LogP contribution >= 0.6 is 0 Å². The van der Waals surface area contributed by atoms with E-state index in [1.54, 1.807) is 12.1 Å². The number of nitrogens with one attached hydrogen (secondary N) is 2. The van der Waals surface area contributed by atoms with Gasteiger partial charge in [-0.3, -0.25) is 9.59 Å². The molecule has 0 unspecified atom stereocenters. The minimum absolute atomic E-state index is 0.0658. The zero-order valence-electron chi connectivity index (χ0n) is 21.3. The highest BCUT2D eigenvalue weighted by Crippen LogP contribution is 2.26. The first-order valence-corrected chi connectivity index (χ1v) is 12.4. The van der Waals surface area contributed by atoms with Gasteiger partial charge in [0.2, 0.25) is 0 Å². The molecule has 4 N–H and O–H groups in total. The first-order valence-electron chi connectivity index (χ1n) is 12.4. The van der Waals surface area contributed by atoms with Gasteiger partial charge in [0.25, 0.3) is 5.91 Å². The Labute approximate surface area is 221 Å². The van der Waals surface area contributed by atoms with E-state index in [-0.39, 0.29) is 34.3 Å². The highest BCUT2D eigenvalue weighted by Gasteiger charge is 2.29. The molecule has 9 heteroatoms. The molecule has 198 valence electrons. The Bertz CT molecular complexity index is 1300. The normalized spacial score (nSPS) is 17.2. The quantitative estimate of drug-likeness (QED) is 0.278. The number of phenolic OH excluding ortho intramolecular Hbond substituents is 2. The van der Waals surface area contributed by atoms with Gasteiger partial charge in [0.15, 0.2) is 5.78 Å². The SMILES string of the molecule is CN(C)c1ccc(O)c(C(=O)c2ccc(C(=O)O[C@@H]3CCCNC[C@H]3NC(=O)c3ccc(O)cc3)cc2)c1. The van der Waals surface area contributed by atoms with Crippen LogP contribution in [0.5, 0.6) is 11.5 Å². The lowest BCUT2D eigenvalue weighted by atomic mass is 10.0. The van der Waals surface area contributed by atoms with Crippen molar-refractivity contribution in [2.24, 2.45) is 0 Å². The number of rotatable bonds is 7. The average Bonchev–Trinajstić information content (AvgIpc) is 3.13. The van der Waals surface area contributed by atoms with Crippen LogP contribution in [0.3, 0.4) is 0 Å². The number of carbonyl (C=O) groups is 3. The number of hydrogen-bond donors (Lipinski definition) is 4. The van der Waals surface area contributed by atoms with Crippen LogP contribution in [0.2, 0.25) is 0 Å². The Kier molecular flexibility index (Phi) is 8.28. The third kappa shape index (κ3) is 6.30. The number of hydrogen-bond acceptors (Lipinski definition) is 8. The number of amides is 1. The fourth-order valence-electron chi connectivity index (χ4n) is 4.27. The monoisotopic (exact) mass is 517 g/mol. The molecule has 0 aromatic heterocycles. The minimum Gasteiger partial charge on any atom is -0.508 e. The van der Waals surface area contributed by atoms with Crippen molar-refractivity contribution in [3.05, 3.63) is 89.0 Å². The molecule has 1 heterocycles. The summed E-state index contributed by atoms with van der Waals surface area (Å²) in [6, 6.07) is 16.4. The molecule has 1 fully saturated rings. The van der Waals surface area contributed by atoms with Crippen molar-refractivity contribution in [2.45, 2.75) is 25.0 Å². The van der Waals surface area contributed by atoms with Crippen molar-refractivity contribution >= 4 is 23.3 Å².